The molecule has 2 atom stereocenters. The van der Waals surface area contributed by atoms with Crippen LogP contribution in [0.15, 0.2) is 30.3 Å². The van der Waals surface area contributed by atoms with E-state index in [4.69, 9.17) is 4.74 Å². The van der Waals surface area contributed by atoms with E-state index in [-0.39, 0.29) is 13.0 Å². The van der Waals surface area contributed by atoms with Crippen LogP contribution in [-0.4, -0.2) is 49.2 Å². The molecule has 9 heteroatoms. The van der Waals surface area contributed by atoms with Gasteiger partial charge < -0.3 is 9.84 Å². The Labute approximate surface area is 151 Å². The summed E-state index contributed by atoms with van der Waals surface area (Å²) in [5.41, 5.74) is 0.803. The second-order valence-corrected chi connectivity index (χ2v) is 8.76. The van der Waals surface area contributed by atoms with E-state index in [0.29, 0.717) is 11.3 Å². The van der Waals surface area contributed by atoms with E-state index in [2.05, 4.69) is 0 Å². The zero-order valence-corrected chi connectivity index (χ0v) is 15.4. The van der Waals surface area contributed by atoms with Gasteiger partial charge in [0.05, 0.1) is 6.54 Å². The third-order valence-corrected chi connectivity index (χ3v) is 6.45. The van der Waals surface area contributed by atoms with Crippen LogP contribution in [0.1, 0.15) is 25.8 Å². The van der Waals surface area contributed by atoms with Gasteiger partial charge in [-0.05, 0) is 38.1 Å². The van der Waals surface area contributed by atoms with Gasteiger partial charge in [0, 0.05) is 23.9 Å². The summed E-state index contributed by atoms with van der Waals surface area (Å²) in [7, 11) is -3.93. The maximum Gasteiger partial charge on any atom is 0.414 e. The zero-order chi connectivity index (χ0) is 19.7. The Morgan fingerprint density at radius 1 is 1.42 bits per heavy atom. The fraction of sp³-hybridized carbons (Fsp3) is 0.412. The van der Waals surface area contributed by atoms with Crippen molar-refractivity contribution >= 4 is 33.4 Å². The number of allylic oxidation sites excluding steroid dienone is 1. The number of rotatable bonds is 6. The highest BCUT2D eigenvalue weighted by atomic mass is 32.2. The summed E-state index contributed by atoms with van der Waals surface area (Å²) in [6, 6.07) is 6.08. The molecule has 1 aromatic rings. The molecule has 7 nitrogen and oxygen atoms in total. The number of hydrogen-bond acceptors (Lipinski definition) is 5. The number of benzene rings is 1. The number of aliphatic carboxylic acids is 1. The largest absolute Gasteiger partial charge is 0.480 e. The van der Waals surface area contributed by atoms with Crippen molar-refractivity contribution in [1.29, 1.82) is 0 Å². The SMILES string of the molecule is CC=C(F)c1ccc(N2CC(CC(C)(C(=O)O)S(C)(=O)=O)OC2=O)cc1. The average Bonchev–Trinajstić information content (AvgIpc) is 2.93. The molecular formula is C17H20FNO6S. The second kappa shape index (κ2) is 7.06. The fourth-order valence-electron chi connectivity index (χ4n) is 2.64. The van der Waals surface area contributed by atoms with Gasteiger partial charge in [-0.3, -0.25) is 9.69 Å². The Balaban J connectivity index is 2.19. The molecule has 142 valence electrons. The minimum Gasteiger partial charge on any atom is -0.480 e. The van der Waals surface area contributed by atoms with Gasteiger partial charge in [0.15, 0.2) is 14.6 Å². The number of anilines is 1. The molecule has 1 fully saturated rings. The number of ether oxygens (including phenoxy) is 1. The summed E-state index contributed by atoms with van der Waals surface area (Å²) in [5.74, 6) is -1.90. The summed E-state index contributed by atoms with van der Waals surface area (Å²) in [4.78, 5) is 24.8. The lowest BCUT2D eigenvalue weighted by Crippen LogP contribution is -2.46. The molecule has 0 saturated carbocycles. The van der Waals surface area contributed by atoms with E-state index in [1.54, 1.807) is 6.92 Å². The van der Waals surface area contributed by atoms with Crippen LogP contribution in [-0.2, 0) is 19.4 Å². The summed E-state index contributed by atoms with van der Waals surface area (Å²) in [6.07, 6.45) is 0.173. The van der Waals surface area contributed by atoms with Gasteiger partial charge >= 0.3 is 12.1 Å². The Morgan fingerprint density at radius 3 is 2.46 bits per heavy atom. The lowest BCUT2D eigenvalue weighted by Gasteiger charge is -2.24. The first-order valence-electron chi connectivity index (χ1n) is 7.83. The minimum absolute atomic E-state index is 0.00265. The summed E-state index contributed by atoms with van der Waals surface area (Å²) >= 11 is 0. The van der Waals surface area contributed by atoms with E-state index in [1.807, 2.05) is 0 Å². The number of carboxylic acids is 1. The highest BCUT2D eigenvalue weighted by Crippen LogP contribution is 2.30. The van der Waals surface area contributed by atoms with Crippen molar-refractivity contribution in [2.24, 2.45) is 0 Å². The molecule has 1 amide bonds. The molecule has 0 aromatic heterocycles. The molecule has 1 aromatic carbocycles. The smallest absolute Gasteiger partial charge is 0.414 e. The first kappa shape index (κ1) is 19.9. The van der Waals surface area contributed by atoms with Crippen LogP contribution in [0.3, 0.4) is 0 Å². The van der Waals surface area contributed by atoms with Crippen molar-refractivity contribution in [2.75, 3.05) is 17.7 Å². The molecule has 2 rings (SSSR count). The van der Waals surface area contributed by atoms with Crippen LogP contribution >= 0.6 is 0 Å². The Hall–Kier alpha value is -2.42. The molecular weight excluding hydrogens is 365 g/mol. The Morgan fingerprint density at radius 2 is 2.00 bits per heavy atom. The Bertz CT molecular complexity index is 849. The molecule has 1 aliphatic heterocycles. The van der Waals surface area contributed by atoms with Gasteiger partial charge in [0.2, 0.25) is 0 Å². The van der Waals surface area contributed by atoms with Crippen LogP contribution in [0.5, 0.6) is 0 Å². The molecule has 1 saturated heterocycles. The van der Waals surface area contributed by atoms with Crippen molar-refractivity contribution in [3.8, 4) is 0 Å². The van der Waals surface area contributed by atoms with Gasteiger partial charge in [-0.1, -0.05) is 6.08 Å². The lowest BCUT2D eigenvalue weighted by atomic mass is 10.0. The van der Waals surface area contributed by atoms with E-state index in [9.17, 15) is 27.5 Å². The predicted octanol–water partition coefficient (Wildman–Crippen LogP) is 2.62. The average molecular weight is 385 g/mol. The van der Waals surface area contributed by atoms with Crippen molar-refractivity contribution in [3.05, 3.63) is 35.9 Å². The molecule has 1 N–H and O–H groups in total. The third kappa shape index (κ3) is 3.72. The van der Waals surface area contributed by atoms with Crippen LogP contribution in [0.25, 0.3) is 5.83 Å². The fourth-order valence-corrected chi connectivity index (χ4v) is 3.44. The molecule has 0 spiro atoms. The van der Waals surface area contributed by atoms with E-state index < -0.39 is 38.6 Å². The molecule has 0 bridgehead atoms. The molecule has 26 heavy (non-hydrogen) atoms. The van der Waals surface area contributed by atoms with E-state index in [0.717, 1.165) is 13.2 Å². The van der Waals surface area contributed by atoms with Gasteiger partial charge in [0.1, 0.15) is 11.9 Å². The number of sulfone groups is 1. The molecule has 1 aliphatic rings. The Kier molecular flexibility index (Phi) is 5.41. The summed E-state index contributed by atoms with van der Waals surface area (Å²) in [5, 5.41) is 9.31. The zero-order valence-electron chi connectivity index (χ0n) is 14.6. The standard InChI is InChI=1S/C17H20FNO6S/c1-4-14(18)11-5-7-12(8-6-11)19-10-13(25-16(19)22)9-17(2,15(20)21)26(3,23)24/h4-8,13H,9-10H2,1-3H3,(H,20,21). The first-order chi connectivity index (χ1) is 12.0. The quantitative estimate of drug-likeness (QED) is 0.808. The van der Waals surface area contributed by atoms with E-state index >= 15 is 0 Å². The number of halogens is 1. The summed E-state index contributed by atoms with van der Waals surface area (Å²) in [6.45, 7) is 2.66. The normalized spacial score (nSPS) is 20.6. The number of cyclic esters (lactones) is 1. The number of carboxylic acid groups (broad SMARTS) is 1. The maximum absolute atomic E-state index is 13.5. The highest BCUT2D eigenvalue weighted by Gasteiger charge is 2.48. The summed E-state index contributed by atoms with van der Waals surface area (Å²) < 4.78 is 40.3. The van der Waals surface area contributed by atoms with Gasteiger partial charge in [-0.25, -0.2) is 17.6 Å². The monoisotopic (exact) mass is 385 g/mol. The van der Waals surface area contributed by atoms with E-state index in [1.165, 1.54) is 35.2 Å². The van der Waals surface area contributed by atoms with Gasteiger partial charge in [-0.2, -0.15) is 0 Å². The molecule has 1 heterocycles. The van der Waals surface area contributed by atoms with Crippen LogP contribution in [0.4, 0.5) is 14.9 Å². The number of amides is 1. The first-order valence-corrected chi connectivity index (χ1v) is 9.72. The van der Waals surface area contributed by atoms with Crippen molar-refractivity contribution in [2.45, 2.75) is 31.1 Å². The van der Waals surface area contributed by atoms with Crippen LogP contribution in [0, 0.1) is 0 Å². The number of nitrogens with zero attached hydrogens (tertiary/aromatic N) is 1. The highest BCUT2D eigenvalue weighted by molar-refractivity contribution is 7.92. The third-order valence-electron chi connectivity index (χ3n) is 4.47. The van der Waals surface area contributed by atoms with Crippen molar-refractivity contribution in [3.63, 3.8) is 0 Å². The number of carbonyl (C=O) groups excluding carboxylic acids is 1. The number of carbonyl (C=O) groups is 2. The van der Waals surface area contributed by atoms with Crippen molar-refractivity contribution < 1.29 is 32.2 Å². The molecule has 0 radical (unpaired) electrons. The number of hydrogen-bond donors (Lipinski definition) is 1. The van der Waals surface area contributed by atoms with Crippen LogP contribution < -0.4 is 4.90 Å². The topological polar surface area (TPSA) is 101 Å². The predicted molar refractivity (Wildman–Crippen MR) is 94.3 cm³/mol. The van der Waals surface area contributed by atoms with Gasteiger partial charge in [-0.15, -0.1) is 0 Å². The van der Waals surface area contributed by atoms with Crippen molar-refractivity contribution in [1.82, 2.24) is 0 Å². The van der Waals surface area contributed by atoms with Crippen LogP contribution in [0.2, 0.25) is 0 Å². The second-order valence-electron chi connectivity index (χ2n) is 6.31. The molecule has 2 unspecified atom stereocenters. The van der Waals surface area contributed by atoms with Gasteiger partial charge in [0.25, 0.3) is 0 Å². The minimum atomic E-state index is -3.93. The maximum atomic E-state index is 13.5. The lowest BCUT2D eigenvalue weighted by molar-refractivity contribution is -0.140. The molecule has 0 aliphatic carbocycles.